The second-order valence-corrected chi connectivity index (χ2v) is 5.67. The van der Waals surface area contributed by atoms with Gasteiger partial charge >= 0.3 is 0 Å². The van der Waals surface area contributed by atoms with Crippen molar-refractivity contribution in [2.24, 2.45) is 0 Å². The number of para-hydroxylation sites is 2. The summed E-state index contributed by atoms with van der Waals surface area (Å²) in [5.74, 6) is 0. The van der Waals surface area contributed by atoms with Gasteiger partial charge in [0.1, 0.15) is 0 Å². The van der Waals surface area contributed by atoms with Gasteiger partial charge in [-0.1, -0.05) is 42.5 Å². The standard InChI is InChI=1S/C19H18NP/c1-15-14-18(12-13-19(15)21)20(16-8-4-2-5-9-16)17-10-6-3-7-11-17/h2-14H,21H2,1H3. The van der Waals surface area contributed by atoms with Gasteiger partial charge < -0.3 is 4.90 Å². The molecule has 21 heavy (non-hydrogen) atoms. The Morgan fingerprint density at radius 1 is 0.667 bits per heavy atom. The number of anilines is 3. The van der Waals surface area contributed by atoms with Gasteiger partial charge in [0.25, 0.3) is 0 Å². The largest absolute Gasteiger partial charge is 0.310 e. The predicted molar refractivity (Wildman–Crippen MR) is 95.2 cm³/mol. The Balaban J connectivity index is 2.14. The molecule has 0 aliphatic heterocycles. The van der Waals surface area contributed by atoms with Crippen LogP contribution in [0.3, 0.4) is 0 Å². The predicted octanol–water partition coefficient (Wildman–Crippen LogP) is 4.97. The molecule has 1 nitrogen and oxygen atoms in total. The molecule has 0 heterocycles. The zero-order valence-corrected chi connectivity index (χ0v) is 13.2. The highest BCUT2D eigenvalue weighted by molar-refractivity contribution is 7.27. The van der Waals surface area contributed by atoms with E-state index in [1.807, 2.05) is 12.1 Å². The van der Waals surface area contributed by atoms with Gasteiger partial charge in [-0.05, 0) is 54.2 Å². The van der Waals surface area contributed by atoms with Gasteiger partial charge in [-0.2, -0.15) is 0 Å². The fourth-order valence-electron chi connectivity index (χ4n) is 2.40. The molecule has 3 rings (SSSR count). The van der Waals surface area contributed by atoms with Crippen LogP contribution in [0.1, 0.15) is 5.56 Å². The number of benzene rings is 3. The van der Waals surface area contributed by atoms with Crippen molar-refractivity contribution in [3.05, 3.63) is 84.4 Å². The number of aryl methyl sites for hydroxylation is 1. The molecule has 104 valence electrons. The van der Waals surface area contributed by atoms with Gasteiger partial charge in [0.15, 0.2) is 0 Å². The van der Waals surface area contributed by atoms with E-state index in [-0.39, 0.29) is 0 Å². The van der Waals surface area contributed by atoms with Crippen molar-refractivity contribution >= 4 is 31.6 Å². The van der Waals surface area contributed by atoms with E-state index in [9.17, 15) is 0 Å². The van der Waals surface area contributed by atoms with Crippen molar-refractivity contribution in [3.63, 3.8) is 0 Å². The highest BCUT2D eigenvalue weighted by Gasteiger charge is 2.11. The Kier molecular flexibility index (Phi) is 4.03. The van der Waals surface area contributed by atoms with E-state index in [4.69, 9.17) is 0 Å². The summed E-state index contributed by atoms with van der Waals surface area (Å²) in [6, 6.07) is 27.5. The van der Waals surface area contributed by atoms with Crippen LogP contribution in [0, 0.1) is 6.92 Å². The molecule has 0 fully saturated rings. The number of hydrogen-bond acceptors (Lipinski definition) is 1. The van der Waals surface area contributed by atoms with Crippen LogP contribution in [0.5, 0.6) is 0 Å². The molecule has 0 aliphatic rings. The first kappa shape index (κ1) is 13.9. The molecule has 0 radical (unpaired) electrons. The van der Waals surface area contributed by atoms with E-state index in [0.717, 1.165) is 0 Å². The maximum absolute atomic E-state index is 2.78. The summed E-state index contributed by atoms with van der Waals surface area (Å²) in [6.07, 6.45) is 0. The van der Waals surface area contributed by atoms with Gasteiger partial charge in [-0.25, -0.2) is 0 Å². The molecule has 0 bridgehead atoms. The molecule has 1 atom stereocenters. The molecule has 0 aliphatic carbocycles. The maximum Gasteiger partial charge on any atom is 0.0464 e. The molecule has 0 amide bonds. The third-order valence-electron chi connectivity index (χ3n) is 3.54. The second-order valence-electron chi connectivity index (χ2n) is 5.05. The van der Waals surface area contributed by atoms with Crippen molar-refractivity contribution in [2.45, 2.75) is 6.92 Å². The van der Waals surface area contributed by atoms with Crippen molar-refractivity contribution in [1.29, 1.82) is 0 Å². The number of hydrogen-bond donors (Lipinski definition) is 0. The lowest BCUT2D eigenvalue weighted by Crippen LogP contribution is -2.11. The van der Waals surface area contributed by atoms with Gasteiger partial charge in [-0.15, -0.1) is 9.24 Å². The second kappa shape index (κ2) is 6.11. The Bertz CT molecular complexity index is 684. The molecule has 0 saturated carbocycles. The lowest BCUT2D eigenvalue weighted by Gasteiger charge is -2.26. The molecule has 0 aromatic heterocycles. The Labute approximate surface area is 128 Å². The third kappa shape index (κ3) is 2.99. The SMILES string of the molecule is Cc1cc(N(c2ccccc2)c2ccccc2)ccc1P. The van der Waals surface area contributed by atoms with Gasteiger partial charge in [-0.3, -0.25) is 0 Å². The molecule has 3 aromatic carbocycles. The zero-order valence-electron chi connectivity index (χ0n) is 12.0. The van der Waals surface area contributed by atoms with Crippen LogP contribution in [-0.2, 0) is 0 Å². The van der Waals surface area contributed by atoms with Gasteiger partial charge in [0.05, 0.1) is 0 Å². The molecule has 3 aromatic rings. The average Bonchev–Trinajstić information content (AvgIpc) is 2.53. The first-order chi connectivity index (χ1) is 10.3. The van der Waals surface area contributed by atoms with Crippen LogP contribution < -0.4 is 10.2 Å². The molecule has 2 heteroatoms. The van der Waals surface area contributed by atoms with E-state index in [1.54, 1.807) is 0 Å². The zero-order chi connectivity index (χ0) is 14.7. The van der Waals surface area contributed by atoms with E-state index in [0.29, 0.717) is 0 Å². The maximum atomic E-state index is 2.78. The third-order valence-corrected chi connectivity index (χ3v) is 4.19. The number of rotatable bonds is 3. The fraction of sp³-hybridized carbons (Fsp3) is 0.0526. The van der Waals surface area contributed by atoms with Crippen LogP contribution in [-0.4, -0.2) is 0 Å². The monoisotopic (exact) mass is 291 g/mol. The molecular weight excluding hydrogens is 273 g/mol. The minimum atomic E-state index is 1.17. The van der Waals surface area contributed by atoms with Crippen molar-refractivity contribution in [1.82, 2.24) is 0 Å². The average molecular weight is 291 g/mol. The Hall–Kier alpha value is -2.11. The minimum absolute atomic E-state index is 1.17. The van der Waals surface area contributed by atoms with Gasteiger partial charge in [0.2, 0.25) is 0 Å². The molecule has 0 saturated heterocycles. The first-order valence-electron chi connectivity index (χ1n) is 7.02. The van der Waals surface area contributed by atoms with E-state index >= 15 is 0 Å². The molecular formula is C19H18NP. The number of nitrogens with zero attached hydrogens (tertiary/aromatic N) is 1. The summed E-state index contributed by atoms with van der Waals surface area (Å²) in [7, 11) is 2.78. The summed E-state index contributed by atoms with van der Waals surface area (Å²) < 4.78 is 0. The minimum Gasteiger partial charge on any atom is -0.310 e. The summed E-state index contributed by atoms with van der Waals surface area (Å²) in [5, 5.41) is 1.24. The molecule has 0 N–H and O–H groups in total. The topological polar surface area (TPSA) is 3.24 Å². The van der Waals surface area contributed by atoms with E-state index < -0.39 is 0 Å². The van der Waals surface area contributed by atoms with Crippen LogP contribution in [0.2, 0.25) is 0 Å². The lowest BCUT2D eigenvalue weighted by molar-refractivity contribution is 1.28. The van der Waals surface area contributed by atoms with Crippen LogP contribution >= 0.6 is 9.24 Å². The van der Waals surface area contributed by atoms with Crippen molar-refractivity contribution in [3.8, 4) is 0 Å². The smallest absolute Gasteiger partial charge is 0.0464 e. The Morgan fingerprint density at radius 3 is 1.67 bits per heavy atom. The highest BCUT2D eigenvalue weighted by Crippen LogP contribution is 2.34. The molecule has 0 spiro atoms. The van der Waals surface area contributed by atoms with Crippen LogP contribution in [0.25, 0.3) is 0 Å². The van der Waals surface area contributed by atoms with Crippen LogP contribution in [0.15, 0.2) is 78.9 Å². The van der Waals surface area contributed by atoms with E-state index in [1.165, 1.54) is 27.9 Å². The Morgan fingerprint density at radius 2 is 1.19 bits per heavy atom. The highest BCUT2D eigenvalue weighted by atomic mass is 31.0. The quantitative estimate of drug-likeness (QED) is 0.616. The summed E-state index contributed by atoms with van der Waals surface area (Å²) in [6.45, 7) is 2.14. The van der Waals surface area contributed by atoms with Gasteiger partial charge in [0, 0.05) is 17.1 Å². The first-order valence-corrected chi connectivity index (χ1v) is 7.60. The summed E-state index contributed by atoms with van der Waals surface area (Å²) >= 11 is 0. The van der Waals surface area contributed by atoms with Crippen molar-refractivity contribution in [2.75, 3.05) is 4.90 Å². The molecule has 1 unspecified atom stereocenters. The normalized spacial score (nSPS) is 10.4. The summed E-state index contributed by atoms with van der Waals surface area (Å²) in [5.41, 5.74) is 4.78. The van der Waals surface area contributed by atoms with Crippen LogP contribution in [0.4, 0.5) is 17.1 Å². The van der Waals surface area contributed by atoms with E-state index in [2.05, 4.69) is 87.8 Å². The lowest BCUT2D eigenvalue weighted by atomic mass is 10.1. The fourth-order valence-corrected chi connectivity index (χ4v) is 2.58. The van der Waals surface area contributed by atoms with Crippen molar-refractivity contribution < 1.29 is 0 Å². The summed E-state index contributed by atoms with van der Waals surface area (Å²) in [4.78, 5) is 2.27.